The van der Waals surface area contributed by atoms with Crippen LogP contribution in [0.25, 0.3) is 11.1 Å². The van der Waals surface area contributed by atoms with Crippen LogP contribution in [0.4, 0.5) is 13.2 Å². The van der Waals surface area contributed by atoms with Gasteiger partial charge < -0.3 is 4.74 Å². The fourth-order valence-corrected chi connectivity index (χ4v) is 3.06. The lowest BCUT2D eigenvalue weighted by atomic mass is 9.89. The number of carbonyl (C=O) groups excluding carboxylic acids is 1. The zero-order valence-corrected chi connectivity index (χ0v) is 15.7. The SMILES string of the molecule is CCOC(=O)/C(=C(/c1ccccc1)c1ccc(C(F)(F)F)cc1)c1ccccc1. The van der Waals surface area contributed by atoms with Crippen molar-refractivity contribution in [2.24, 2.45) is 0 Å². The van der Waals surface area contributed by atoms with Crippen LogP contribution in [0.15, 0.2) is 84.9 Å². The molecule has 3 aromatic carbocycles. The summed E-state index contributed by atoms with van der Waals surface area (Å²) in [6.45, 7) is 1.89. The number of rotatable bonds is 5. The maximum atomic E-state index is 13.0. The second-order valence-corrected chi connectivity index (χ2v) is 6.28. The minimum atomic E-state index is -4.43. The van der Waals surface area contributed by atoms with Gasteiger partial charge in [-0.2, -0.15) is 13.2 Å². The van der Waals surface area contributed by atoms with Crippen LogP contribution in [0, 0.1) is 0 Å². The molecule has 2 nitrogen and oxygen atoms in total. The quantitative estimate of drug-likeness (QED) is 0.290. The van der Waals surface area contributed by atoms with Crippen LogP contribution in [0.2, 0.25) is 0 Å². The summed E-state index contributed by atoms with van der Waals surface area (Å²) in [6, 6.07) is 22.9. The maximum Gasteiger partial charge on any atom is 0.416 e. The van der Waals surface area contributed by atoms with E-state index in [0.717, 1.165) is 12.1 Å². The fraction of sp³-hybridized carbons (Fsp3) is 0.125. The molecule has 29 heavy (non-hydrogen) atoms. The number of halogens is 3. The third kappa shape index (κ3) is 4.74. The summed E-state index contributed by atoms with van der Waals surface area (Å²) in [5.41, 5.74) is 1.91. The highest BCUT2D eigenvalue weighted by molar-refractivity contribution is 6.26. The summed E-state index contributed by atoms with van der Waals surface area (Å²) in [7, 11) is 0. The normalized spacial score (nSPS) is 12.3. The lowest BCUT2D eigenvalue weighted by Crippen LogP contribution is -2.10. The van der Waals surface area contributed by atoms with Crippen molar-refractivity contribution in [1.82, 2.24) is 0 Å². The first kappa shape index (κ1) is 20.4. The number of benzene rings is 3. The minimum Gasteiger partial charge on any atom is -0.462 e. The van der Waals surface area contributed by atoms with Crippen molar-refractivity contribution < 1.29 is 22.7 Å². The lowest BCUT2D eigenvalue weighted by Gasteiger charge is -2.17. The Kier molecular flexibility index (Phi) is 6.17. The molecule has 148 valence electrons. The zero-order valence-electron chi connectivity index (χ0n) is 15.7. The molecule has 0 aliphatic rings. The van der Waals surface area contributed by atoms with Gasteiger partial charge in [-0.15, -0.1) is 0 Å². The molecule has 0 atom stereocenters. The Morgan fingerprint density at radius 3 is 1.72 bits per heavy atom. The van der Waals surface area contributed by atoms with Gasteiger partial charge >= 0.3 is 12.1 Å². The van der Waals surface area contributed by atoms with Gasteiger partial charge in [0.25, 0.3) is 0 Å². The van der Waals surface area contributed by atoms with E-state index in [1.54, 1.807) is 31.2 Å². The molecule has 0 aliphatic heterocycles. The van der Waals surface area contributed by atoms with Crippen LogP contribution < -0.4 is 0 Å². The monoisotopic (exact) mass is 396 g/mol. The Bertz CT molecular complexity index is 990. The number of ether oxygens (including phenoxy) is 1. The van der Waals surface area contributed by atoms with Crippen LogP contribution >= 0.6 is 0 Å². The average molecular weight is 396 g/mol. The van der Waals surface area contributed by atoms with E-state index >= 15 is 0 Å². The van der Waals surface area contributed by atoms with Crippen molar-refractivity contribution >= 4 is 17.1 Å². The lowest BCUT2D eigenvalue weighted by molar-refractivity contribution is -0.138. The van der Waals surface area contributed by atoms with Crippen LogP contribution in [-0.2, 0) is 15.7 Å². The summed E-state index contributed by atoms with van der Waals surface area (Å²) < 4.78 is 44.3. The number of alkyl halides is 3. The number of carbonyl (C=O) groups is 1. The number of hydrogen-bond donors (Lipinski definition) is 0. The topological polar surface area (TPSA) is 26.3 Å². The van der Waals surface area contributed by atoms with E-state index in [2.05, 4.69) is 0 Å². The second-order valence-electron chi connectivity index (χ2n) is 6.28. The number of hydrogen-bond acceptors (Lipinski definition) is 2. The molecule has 0 heterocycles. The first-order valence-electron chi connectivity index (χ1n) is 9.11. The molecule has 0 amide bonds. The fourth-order valence-electron chi connectivity index (χ4n) is 3.06. The first-order chi connectivity index (χ1) is 13.9. The molecule has 0 N–H and O–H groups in total. The van der Waals surface area contributed by atoms with Gasteiger partial charge in [-0.3, -0.25) is 0 Å². The summed E-state index contributed by atoms with van der Waals surface area (Å²) in [4.78, 5) is 12.9. The second kappa shape index (κ2) is 8.78. The predicted octanol–water partition coefficient (Wildman–Crippen LogP) is 6.23. The average Bonchev–Trinajstić information content (AvgIpc) is 2.73. The Balaban J connectivity index is 2.29. The Labute approximate surface area is 167 Å². The Hall–Kier alpha value is -3.34. The van der Waals surface area contributed by atoms with Gasteiger partial charge in [0.15, 0.2) is 0 Å². The Morgan fingerprint density at radius 1 is 0.759 bits per heavy atom. The van der Waals surface area contributed by atoms with Gasteiger partial charge in [-0.05, 0) is 35.7 Å². The maximum absolute atomic E-state index is 13.0. The highest BCUT2D eigenvalue weighted by Gasteiger charge is 2.30. The highest BCUT2D eigenvalue weighted by atomic mass is 19.4. The van der Waals surface area contributed by atoms with Crippen molar-refractivity contribution in [3.05, 3.63) is 107 Å². The van der Waals surface area contributed by atoms with Gasteiger partial charge in [0.2, 0.25) is 0 Å². The van der Waals surface area contributed by atoms with E-state index in [1.165, 1.54) is 12.1 Å². The van der Waals surface area contributed by atoms with Gasteiger partial charge in [0.05, 0.1) is 17.7 Å². The first-order valence-corrected chi connectivity index (χ1v) is 9.11. The molecular formula is C24H19F3O2. The van der Waals surface area contributed by atoms with Gasteiger partial charge in [0.1, 0.15) is 0 Å². The summed E-state index contributed by atoms with van der Waals surface area (Å²) in [5.74, 6) is -0.530. The predicted molar refractivity (Wildman–Crippen MR) is 107 cm³/mol. The van der Waals surface area contributed by atoms with Crippen molar-refractivity contribution in [3.63, 3.8) is 0 Å². The molecule has 0 aromatic heterocycles. The van der Waals surface area contributed by atoms with Crippen molar-refractivity contribution in [2.45, 2.75) is 13.1 Å². The third-order valence-corrected chi connectivity index (χ3v) is 4.36. The molecule has 3 aromatic rings. The molecule has 0 unspecified atom stereocenters. The van der Waals surface area contributed by atoms with E-state index in [-0.39, 0.29) is 6.61 Å². The van der Waals surface area contributed by atoms with Crippen molar-refractivity contribution in [1.29, 1.82) is 0 Å². The molecular weight excluding hydrogens is 377 g/mol. The molecule has 0 saturated carbocycles. The van der Waals surface area contributed by atoms with E-state index in [4.69, 9.17) is 4.74 Å². The van der Waals surface area contributed by atoms with Crippen molar-refractivity contribution in [3.8, 4) is 0 Å². The summed E-state index contributed by atoms with van der Waals surface area (Å²) in [5, 5.41) is 0. The molecule has 0 aliphatic carbocycles. The van der Waals surface area contributed by atoms with Gasteiger partial charge in [0, 0.05) is 5.57 Å². The highest BCUT2D eigenvalue weighted by Crippen LogP contribution is 2.35. The smallest absolute Gasteiger partial charge is 0.416 e. The molecule has 0 spiro atoms. The molecule has 0 fully saturated rings. The van der Waals surface area contributed by atoms with Crippen LogP contribution in [0.3, 0.4) is 0 Å². The standard InChI is InChI=1S/C24H19F3O2/c1-2-29-23(28)22(18-11-7-4-8-12-18)21(17-9-5-3-6-10-17)19-13-15-20(16-14-19)24(25,26)27/h3-16H,2H2,1H3/b22-21-. The van der Waals surface area contributed by atoms with E-state index in [1.807, 2.05) is 36.4 Å². The zero-order chi connectivity index (χ0) is 20.9. The van der Waals surface area contributed by atoms with E-state index in [9.17, 15) is 18.0 Å². The molecule has 0 radical (unpaired) electrons. The van der Waals surface area contributed by atoms with E-state index < -0.39 is 17.7 Å². The summed E-state index contributed by atoms with van der Waals surface area (Å²) >= 11 is 0. The molecule has 3 rings (SSSR count). The third-order valence-electron chi connectivity index (χ3n) is 4.36. The van der Waals surface area contributed by atoms with Crippen molar-refractivity contribution in [2.75, 3.05) is 6.61 Å². The number of esters is 1. The van der Waals surface area contributed by atoms with Gasteiger partial charge in [-0.1, -0.05) is 72.8 Å². The minimum absolute atomic E-state index is 0.185. The largest absolute Gasteiger partial charge is 0.462 e. The van der Waals surface area contributed by atoms with Crippen LogP contribution in [0.1, 0.15) is 29.2 Å². The van der Waals surface area contributed by atoms with E-state index in [0.29, 0.717) is 27.8 Å². The summed E-state index contributed by atoms with van der Waals surface area (Å²) in [6.07, 6.45) is -4.43. The Morgan fingerprint density at radius 2 is 1.24 bits per heavy atom. The molecule has 5 heteroatoms. The van der Waals surface area contributed by atoms with Gasteiger partial charge in [-0.25, -0.2) is 4.79 Å². The van der Waals surface area contributed by atoms with Crippen LogP contribution in [-0.4, -0.2) is 12.6 Å². The van der Waals surface area contributed by atoms with Crippen LogP contribution in [0.5, 0.6) is 0 Å². The molecule has 0 saturated heterocycles. The molecule has 0 bridgehead atoms.